The highest BCUT2D eigenvalue weighted by Crippen LogP contribution is 2.40. The summed E-state index contributed by atoms with van der Waals surface area (Å²) in [6.07, 6.45) is -8.97. The van der Waals surface area contributed by atoms with E-state index >= 15 is 0 Å². The predicted molar refractivity (Wildman–Crippen MR) is 361 cm³/mol. The van der Waals surface area contributed by atoms with Gasteiger partial charge in [-0.25, -0.2) is 24.0 Å². The van der Waals surface area contributed by atoms with Gasteiger partial charge in [-0.3, -0.25) is 0 Å². The molecule has 14 N–H and O–H groups in total. The van der Waals surface area contributed by atoms with E-state index in [1.165, 1.54) is 0 Å². The van der Waals surface area contributed by atoms with E-state index in [9.17, 15) is 61.3 Å². The van der Waals surface area contributed by atoms with Gasteiger partial charge < -0.3 is 99.7 Å². The molecule has 4 aromatic carbocycles. The summed E-state index contributed by atoms with van der Waals surface area (Å²) in [4.78, 5) is 18.5. The maximum Gasteiger partial charge on any atom is 0.187 e. The quantitative estimate of drug-likeness (QED) is 0.0550. The van der Waals surface area contributed by atoms with Crippen molar-refractivity contribution < 1.29 is 89.7 Å². The van der Waals surface area contributed by atoms with E-state index in [1.54, 1.807) is 32.6 Å². The molecule has 102 heavy (non-hydrogen) atoms. The minimum atomic E-state index is -1.62. The lowest BCUT2D eigenvalue weighted by Gasteiger charge is -2.39. The summed E-state index contributed by atoms with van der Waals surface area (Å²) in [6, 6.07) is 41.0. The molecule has 3 fully saturated rings. The van der Waals surface area contributed by atoms with Crippen molar-refractivity contribution in [1.82, 2.24) is 64.9 Å². The lowest BCUT2D eigenvalue weighted by molar-refractivity contribution is -0.304. The van der Waals surface area contributed by atoms with Gasteiger partial charge in [-0.05, 0) is 107 Å². The molecule has 15 atom stereocenters. The number of aliphatic hydroxyl groups excluding tert-OH is 12. The number of aromatic nitrogens is 13. The average molecular weight is 1390 g/mol. The van der Waals surface area contributed by atoms with E-state index in [0.29, 0.717) is 68.0 Å². The van der Waals surface area contributed by atoms with Crippen LogP contribution < -0.4 is 0 Å². The fourth-order valence-electron chi connectivity index (χ4n) is 13.0. The number of hydrogen-bond acceptors (Lipinski definition) is 26. The van der Waals surface area contributed by atoms with Crippen molar-refractivity contribution in [2.24, 2.45) is 0 Å². The predicted octanol–water partition coefficient (Wildman–Crippen LogP) is 2.02. The molecule has 526 valence electrons. The molecule has 11 heterocycles. The van der Waals surface area contributed by atoms with Crippen molar-refractivity contribution in [1.29, 1.82) is 0 Å². The monoisotopic (exact) mass is 1390 g/mol. The van der Waals surface area contributed by atoms with Gasteiger partial charge >= 0.3 is 0 Å². The standard InChI is InChI=1S/C71H69N13O18/c85-29-53-60(88)63(91)66(94)69(100-53)97-32-39-26-82(79-76-39)42-12-6-36(7-13-42)57-47-20-18-45(72-47)56(35-4-2-1-3-5-35)46-19-21-48(73-46)58(37-8-14-43(15-9-37)83-27-40(77-80-83)33-98-70-67(95)64(92)61(89)54(30-86)101-70)50-23-25-52(75-50)59(51-24-22-49(57)74-51)38-10-16-44(17-11-38)84-28-41(78-81-84)34-99-71-68(96)65(93)62(90)55(31-87)102-71/h1-28,53-55,60-72,75,85-96H,29-34H2/t53-,54-,55-,60-,61-,62-,63+,64+,65+,66+,67+,68+,69+,70+,71+/m1/s1. The van der Waals surface area contributed by atoms with E-state index < -0.39 is 112 Å². The van der Waals surface area contributed by atoms with Crippen LogP contribution in [0.25, 0.3) is 108 Å². The zero-order valence-electron chi connectivity index (χ0n) is 53.8. The van der Waals surface area contributed by atoms with Crippen LogP contribution in [0.2, 0.25) is 0 Å². The molecule has 5 aliphatic rings. The summed E-state index contributed by atoms with van der Waals surface area (Å²) in [5, 5.41) is 148. The first kappa shape index (κ1) is 68.0. The second-order valence-electron chi connectivity index (χ2n) is 25.0. The van der Waals surface area contributed by atoms with Crippen LogP contribution in [-0.2, 0) is 48.2 Å². The first-order valence-corrected chi connectivity index (χ1v) is 32.6. The Bertz CT molecular complexity index is 4750. The number of aromatic amines is 2. The maximum atomic E-state index is 10.6. The first-order valence-electron chi connectivity index (χ1n) is 32.6. The fraction of sp³-hybridized carbons (Fsp3) is 0.296. The van der Waals surface area contributed by atoms with E-state index in [-0.39, 0.29) is 19.8 Å². The van der Waals surface area contributed by atoms with Crippen LogP contribution in [0.3, 0.4) is 0 Å². The zero-order chi connectivity index (χ0) is 70.4. The lowest BCUT2D eigenvalue weighted by Crippen LogP contribution is -2.59. The fourth-order valence-corrected chi connectivity index (χ4v) is 13.0. The molecule has 0 unspecified atom stereocenters. The summed E-state index contributed by atoms with van der Waals surface area (Å²) in [5.41, 5.74) is 14.7. The van der Waals surface area contributed by atoms with Crippen molar-refractivity contribution in [3.8, 4) is 61.6 Å². The molecule has 31 nitrogen and oxygen atoms in total. The van der Waals surface area contributed by atoms with E-state index in [2.05, 4.69) is 40.9 Å². The summed E-state index contributed by atoms with van der Waals surface area (Å²) < 4.78 is 38.5. The molecule has 0 saturated carbocycles. The van der Waals surface area contributed by atoms with Gasteiger partial charge in [-0.1, -0.05) is 82.4 Å². The number of rotatable bonds is 19. The molecule has 3 saturated heterocycles. The van der Waals surface area contributed by atoms with Crippen molar-refractivity contribution in [3.05, 3.63) is 186 Å². The van der Waals surface area contributed by atoms with Crippen LogP contribution in [0, 0.1) is 0 Å². The van der Waals surface area contributed by atoms with Crippen molar-refractivity contribution in [2.75, 3.05) is 19.8 Å². The summed E-state index contributed by atoms with van der Waals surface area (Å²) in [5.74, 6) is 0. The number of H-pyrrole nitrogens is 2. The average Bonchev–Trinajstić information content (AvgIpc) is 1.60. The molecule has 0 aliphatic carbocycles. The minimum Gasteiger partial charge on any atom is -0.394 e. The van der Waals surface area contributed by atoms with Gasteiger partial charge in [0.15, 0.2) is 18.9 Å². The topological polar surface area (TPSA) is 448 Å². The van der Waals surface area contributed by atoms with E-state index in [4.69, 9.17) is 38.4 Å². The normalized spacial score (nSPS) is 25.7. The largest absolute Gasteiger partial charge is 0.394 e. The Morgan fingerprint density at radius 1 is 0.333 bits per heavy atom. The van der Waals surface area contributed by atoms with Crippen LogP contribution in [0.1, 0.15) is 39.9 Å². The van der Waals surface area contributed by atoms with Gasteiger partial charge in [0.05, 0.1) is 98.1 Å². The minimum absolute atomic E-state index is 0.184. The highest BCUT2D eigenvalue weighted by atomic mass is 16.7. The van der Waals surface area contributed by atoms with Crippen molar-refractivity contribution in [2.45, 2.75) is 112 Å². The molecule has 0 amide bonds. The van der Waals surface area contributed by atoms with Crippen molar-refractivity contribution >= 4 is 46.4 Å². The zero-order valence-corrected chi connectivity index (χ0v) is 53.8. The highest BCUT2D eigenvalue weighted by Gasteiger charge is 2.46. The maximum absolute atomic E-state index is 10.6. The third kappa shape index (κ3) is 13.3. The smallest absolute Gasteiger partial charge is 0.187 e. The Balaban J connectivity index is 0.816. The van der Waals surface area contributed by atoms with Crippen LogP contribution in [0.5, 0.6) is 0 Å². The van der Waals surface area contributed by atoms with Crippen LogP contribution >= 0.6 is 0 Å². The number of nitrogens with zero attached hydrogens (tertiary/aromatic N) is 11. The second-order valence-corrected chi connectivity index (χ2v) is 25.0. The number of fused-ring (bicyclic) bond motifs is 8. The van der Waals surface area contributed by atoms with Gasteiger partial charge in [-0.15, -0.1) is 15.3 Å². The molecule has 8 bridgehead atoms. The molecule has 5 aliphatic heterocycles. The van der Waals surface area contributed by atoms with Gasteiger partial charge in [-0.2, -0.15) is 0 Å². The lowest BCUT2D eigenvalue weighted by atomic mass is 9.99. The highest BCUT2D eigenvalue weighted by molar-refractivity contribution is 6.00. The van der Waals surface area contributed by atoms with Gasteiger partial charge in [0.1, 0.15) is 90.3 Å². The molecular weight excluding hydrogens is 1320 g/mol. The van der Waals surface area contributed by atoms with Gasteiger partial charge in [0, 0.05) is 44.3 Å². The van der Waals surface area contributed by atoms with E-state index in [0.717, 1.165) is 55.5 Å². The van der Waals surface area contributed by atoms with Crippen LogP contribution in [-0.4, -0.2) is 238 Å². The third-order valence-electron chi connectivity index (χ3n) is 18.4. The molecule has 0 spiro atoms. The van der Waals surface area contributed by atoms with Gasteiger partial charge in [0.2, 0.25) is 0 Å². The number of ether oxygens (including phenoxy) is 6. The van der Waals surface area contributed by atoms with Crippen LogP contribution in [0.15, 0.2) is 146 Å². The Hall–Kier alpha value is -9.82. The number of benzene rings is 4. The Labute approximate surface area is 577 Å². The molecule has 15 rings (SSSR count). The SMILES string of the molecule is OC[C@H]1O[C@H](OCc2cn(-c3ccc(-c4c5nc(c(-c6ccc(-n7cc(CO[C@H]8O[C@H](CO)[C@@H](O)[C@H](O)[C@@H]8O)nn7)cc6)c6ccc([nH]6)c(-c6ccc(-n7cc(CO[C@H]8O[C@H](CO)[C@@H](O)[C@H](O)[C@@H]8O)nn7)cc6)c6nc(c(-c7ccccc7)c7ccc4[nH]7)C=C6)C=C5)cc3)nn2)[C@@H](O)[C@@H](O)[C@@H]1O. The summed E-state index contributed by atoms with van der Waals surface area (Å²) >= 11 is 0. The summed E-state index contributed by atoms with van der Waals surface area (Å²) in [6.45, 7) is -2.39. The molecule has 31 heteroatoms. The molecule has 0 radical (unpaired) electrons. The number of aliphatic hydroxyl groups is 12. The third-order valence-corrected chi connectivity index (χ3v) is 18.4. The van der Waals surface area contributed by atoms with E-state index in [1.807, 2.05) is 152 Å². The first-order chi connectivity index (χ1) is 49.6. The number of hydrogen-bond donors (Lipinski definition) is 14. The molecule has 10 aromatic rings. The number of nitrogens with one attached hydrogen (secondary N) is 2. The molecule has 6 aromatic heterocycles. The second kappa shape index (κ2) is 28.9. The van der Waals surface area contributed by atoms with Crippen molar-refractivity contribution in [3.63, 3.8) is 0 Å². The molecular formula is C71H69N13O18. The van der Waals surface area contributed by atoms with Gasteiger partial charge in [0.25, 0.3) is 0 Å². The Morgan fingerprint density at radius 3 is 0.882 bits per heavy atom. The van der Waals surface area contributed by atoms with Crippen LogP contribution in [0.4, 0.5) is 0 Å². The Morgan fingerprint density at radius 2 is 0.608 bits per heavy atom. The summed E-state index contributed by atoms with van der Waals surface area (Å²) in [7, 11) is 0. The Kier molecular flexibility index (Phi) is 19.3.